The molecule has 0 aromatic rings. The molecule has 4 heteroatoms. The molecular weight excluding hydrogens is 254 g/mol. The zero-order valence-electron chi connectivity index (χ0n) is 12.6. The van der Waals surface area contributed by atoms with Crippen LogP contribution in [0.1, 0.15) is 59.3 Å². The molecular formula is C15H27BO2P+. The number of rotatable bonds is 3. The van der Waals surface area contributed by atoms with Gasteiger partial charge >= 0.3 is 7.57 Å². The monoisotopic (exact) mass is 281 g/mol. The highest BCUT2D eigenvalue weighted by Crippen LogP contribution is 2.71. The molecule has 0 aromatic carbocycles. The Kier molecular flexibility index (Phi) is 3.36. The van der Waals surface area contributed by atoms with E-state index in [1.807, 2.05) is 0 Å². The van der Waals surface area contributed by atoms with Gasteiger partial charge in [0.25, 0.3) is 0 Å². The van der Waals surface area contributed by atoms with Crippen LogP contribution >= 0.6 is 7.37 Å². The van der Waals surface area contributed by atoms with Gasteiger partial charge in [0.2, 0.25) is 0 Å². The summed E-state index contributed by atoms with van der Waals surface area (Å²) in [5, 5.41) is 9.69. The van der Waals surface area contributed by atoms with Crippen molar-refractivity contribution in [1.29, 1.82) is 0 Å². The molecule has 1 atom stereocenters. The lowest BCUT2D eigenvalue weighted by atomic mass is 9.54. The molecule has 0 amide bonds. The smallest absolute Gasteiger partial charge is 0.361 e. The number of aliphatic hydroxyl groups excluding tert-OH is 1. The number of aliphatic hydroxyl groups is 1. The van der Waals surface area contributed by atoms with Crippen molar-refractivity contribution in [1.82, 2.24) is 0 Å². The molecule has 1 unspecified atom stereocenters. The fraction of sp³-hybridized carbons (Fsp3) is 1.00. The van der Waals surface area contributed by atoms with Crippen molar-refractivity contribution in [3.8, 4) is 0 Å². The summed E-state index contributed by atoms with van der Waals surface area (Å²) >= 11 is 0. The topological polar surface area (TPSA) is 29.5 Å². The minimum Gasteiger partial charge on any atom is -0.361 e. The summed E-state index contributed by atoms with van der Waals surface area (Å²) < 4.78 is 6.59. The van der Waals surface area contributed by atoms with E-state index in [9.17, 15) is 5.11 Å². The Balaban J connectivity index is 1.82. The van der Waals surface area contributed by atoms with E-state index >= 15 is 0 Å². The van der Waals surface area contributed by atoms with Gasteiger partial charge in [0, 0.05) is 0 Å². The van der Waals surface area contributed by atoms with Gasteiger partial charge in [-0.25, -0.2) is 4.52 Å². The third-order valence-corrected chi connectivity index (χ3v) is 9.09. The summed E-state index contributed by atoms with van der Waals surface area (Å²) in [6.45, 7) is 6.33. The highest BCUT2D eigenvalue weighted by Gasteiger charge is 2.59. The van der Waals surface area contributed by atoms with Crippen LogP contribution in [0.4, 0.5) is 0 Å². The van der Waals surface area contributed by atoms with E-state index in [1.165, 1.54) is 38.5 Å². The highest BCUT2D eigenvalue weighted by molar-refractivity contribution is 7.94. The van der Waals surface area contributed by atoms with Crippen molar-refractivity contribution < 1.29 is 9.63 Å². The number of hydrogen-bond acceptors (Lipinski definition) is 2. The molecule has 0 heterocycles. The molecule has 4 fully saturated rings. The third-order valence-electron chi connectivity index (χ3n) is 5.68. The standard InChI is InChI=1S/C15H27BO2P/c1-14(2,3)19(16,10-17)18-15-7-11-4-12(8-15)6-13(5-11)9-15/h11-13,17H,4-10H2,1-3H3/q+1. The molecule has 4 bridgehead atoms. The molecule has 0 saturated heterocycles. The SMILES string of the molecule is [B][P+](CO)(OC12CC3CC(CC(C3)C1)C2)C(C)(C)C. The first-order valence-electron chi connectivity index (χ1n) is 7.74. The van der Waals surface area contributed by atoms with Crippen LogP contribution in [-0.4, -0.2) is 29.8 Å². The van der Waals surface area contributed by atoms with Crippen LogP contribution in [0.25, 0.3) is 0 Å². The minimum absolute atomic E-state index is 0.00723. The maximum Gasteiger partial charge on any atom is 0.405 e. The second-order valence-corrected chi connectivity index (χ2v) is 11.7. The Morgan fingerprint density at radius 2 is 1.53 bits per heavy atom. The lowest BCUT2D eigenvalue weighted by Crippen LogP contribution is -2.52. The van der Waals surface area contributed by atoms with Crippen molar-refractivity contribution >= 4 is 14.9 Å². The molecule has 4 rings (SSSR count). The first-order chi connectivity index (χ1) is 8.75. The van der Waals surface area contributed by atoms with Crippen molar-refractivity contribution in [3.63, 3.8) is 0 Å². The Bertz CT molecular complexity index is 330. The molecule has 19 heavy (non-hydrogen) atoms. The van der Waals surface area contributed by atoms with E-state index in [2.05, 4.69) is 20.8 Å². The van der Waals surface area contributed by atoms with Crippen molar-refractivity contribution in [3.05, 3.63) is 0 Å². The largest absolute Gasteiger partial charge is 0.405 e. The molecule has 0 aliphatic heterocycles. The molecule has 0 aromatic heterocycles. The van der Waals surface area contributed by atoms with Gasteiger partial charge in [-0.3, -0.25) is 0 Å². The summed E-state index contributed by atoms with van der Waals surface area (Å²) in [5.74, 6) is 2.58. The van der Waals surface area contributed by atoms with Gasteiger partial charge in [0.15, 0.2) is 6.35 Å². The first kappa shape index (κ1) is 14.4. The normalized spacial score (nSPS) is 44.3. The summed E-state index contributed by atoms with van der Waals surface area (Å²) in [6, 6.07) is 0. The summed E-state index contributed by atoms with van der Waals surface area (Å²) in [6.07, 6.45) is 7.81. The first-order valence-corrected chi connectivity index (χ1v) is 9.70. The summed E-state index contributed by atoms with van der Waals surface area (Å²) in [4.78, 5) is 0. The average molecular weight is 281 g/mol. The zero-order valence-corrected chi connectivity index (χ0v) is 13.5. The van der Waals surface area contributed by atoms with Gasteiger partial charge in [0.1, 0.15) is 13.0 Å². The van der Waals surface area contributed by atoms with Crippen LogP contribution in [0.3, 0.4) is 0 Å². The molecule has 2 radical (unpaired) electrons. The van der Waals surface area contributed by atoms with E-state index in [0.717, 1.165) is 17.8 Å². The Labute approximate surface area is 119 Å². The van der Waals surface area contributed by atoms with Gasteiger partial charge in [0.05, 0.1) is 5.16 Å². The van der Waals surface area contributed by atoms with Crippen LogP contribution in [0.5, 0.6) is 0 Å². The molecule has 4 aliphatic rings. The third kappa shape index (κ3) is 2.41. The predicted octanol–water partition coefficient (Wildman–Crippen LogP) is 3.74. The van der Waals surface area contributed by atoms with Crippen LogP contribution in [0, 0.1) is 17.8 Å². The molecule has 4 saturated carbocycles. The van der Waals surface area contributed by atoms with E-state index in [4.69, 9.17) is 12.1 Å². The zero-order chi connectivity index (χ0) is 13.9. The summed E-state index contributed by atoms with van der Waals surface area (Å²) in [5.41, 5.74) is 0.00723. The summed E-state index contributed by atoms with van der Waals surface area (Å²) in [7, 11) is 4.31. The second-order valence-electron chi connectivity index (χ2n) is 8.30. The molecule has 106 valence electrons. The average Bonchev–Trinajstić information content (AvgIpc) is 2.24. The maximum absolute atomic E-state index is 9.82. The van der Waals surface area contributed by atoms with Crippen LogP contribution in [0.15, 0.2) is 0 Å². The molecule has 4 aliphatic carbocycles. The number of hydrogen-bond donors (Lipinski definition) is 1. The lowest BCUT2D eigenvalue weighted by molar-refractivity contribution is -0.105. The second kappa shape index (κ2) is 4.45. The van der Waals surface area contributed by atoms with Gasteiger partial charge in [-0.15, -0.1) is 0 Å². The van der Waals surface area contributed by atoms with Crippen molar-refractivity contribution in [2.45, 2.75) is 70.1 Å². The predicted molar refractivity (Wildman–Crippen MR) is 81.5 cm³/mol. The maximum atomic E-state index is 9.82. The van der Waals surface area contributed by atoms with E-state index in [0.29, 0.717) is 0 Å². The molecule has 1 N–H and O–H groups in total. The Morgan fingerprint density at radius 1 is 1.11 bits per heavy atom. The van der Waals surface area contributed by atoms with E-state index < -0.39 is 7.37 Å². The van der Waals surface area contributed by atoms with Gasteiger partial charge < -0.3 is 5.11 Å². The Hall–Kier alpha value is 0.415. The van der Waals surface area contributed by atoms with Crippen molar-refractivity contribution in [2.24, 2.45) is 17.8 Å². The Morgan fingerprint density at radius 3 is 1.84 bits per heavy atom. The molecule has 0 spiro atoms. The van der Waals surface area contributed by atoms with Gasteiger partial charge in [-0.1, -0.05) is 0 Å². The van der Waals surface area contributed by atoms with Gasteiger partial charge in [-0.05, 0) is 77.0 Å². The van der Waals surface area contributed by atoms with Crippen LogP contribution in [0.2, 0.25) is 0 Å². The highest BCUT2D eigenvalue weighted by atomic mass is 31.2. The van der Waals surface area contributed by atoms with E-state index in [1.54, 1.807) is 0 Å². The van der Waals surface area contributed by atoms with Crippen LogP contribution in [-0.2, 0) is 4.52 Å². The van der Waals surface area contributed by atoms with Gasteiger partial charge in [-0.2, -0.15) is 0 Å². The fourth-order valence-electron chi connectivity index (χ4n) is 4.87. The van der Waals surface area contributed by atoms with E-state index in [-0.39, 0.29) is 17.1 Å². The quantitative estimate of drug-likeness (QED) is 0.631. The lowest BCUT2D eigenvalue weighted by Gasteiger charge is -2.57. The van der Waals surface area contributed by atoms with Crippen molar-refractivity contribution in [2.75, 3.05) is 6.35 Å². The van der Waals surface area contributed by atoms with Crippen LogP contribution < -0.4 is 0 Å². The molecule has 2 nitrogen and oxygen atoms in total. The fourth-order valence-corrected chi connectivity index (χ4v) is 6.54. The minimum atomic E-state index is -2.23.